The van der Waals surface area contributed by atoms with E-state index in [9.17, 15) is 14.4 Å². The molecule has 2 atom stereocenters. The van der Waals surface area contributed by atoms with Gasteiger partial charge in [0.15, 0.2) is 0 Å². The van der Waals surface area contributed by atoms with E-state index in [0.717, 1.165) is 12.8 Å². The lowest BCUT2D eigenvalue weighted by Gasteiger charge is -2.47. The first-order valence-electron chi connectivity index (χ1n) is 7.81. The van der Waals surface area contributed by atoms with Gasteiger partial charge in [0.05, 0.1) is 23.8 Å². The van der Waals surface area contributed by atoms with Crippen molar-refractivity contribution in [2.75, 3.05) is 12.0 Å². The van der Waals surface area contributed by atoms with E-state index in [1.54, 1.807) is 24.3 Å². The molecule has 2 unspecified atom stereocenters. The van der Waals surface area contributed by atoms with Gasteiger partial charge in [-0.05, 0) is 42.5 Å². The minimum Gasteiger partial charge on any atom is -0.465 e. The fourth-order valence-corrected chi connectivity index (χ4v) is 3.93. The number of piperidine rings is 1. The number of nitrogens with zero attached hydrogens (tertiary/aromatic N) is 1. The number of hydrogen-bond donors (Lipinski definition) is 0. The topological polar surface area (TPSA) is 63.7 Å². The predicted molar refractivity (Wildman–Crippen MR) is 84.9 cm³/mol. The Kier molecular flexibility index (Phi) is 3.36. The number of carbonyl (C=O) groups excluding carboxylic acids is 3. The number of carbonyl (C=O) groups is 3. The lowest BCUT2D eigenvalue weighted by atomic mass is 9.62. The zero-order chi connectivity index (χ0) is 17.0. The van der Waals surface area contributed by atoms with Crippen molar-refractivity contribution >= 4 is 23.5 Å². The maximum atomic E-state index is 13.0. The van der Waals surface area contributed by atoms with Crippen molar-refractivity contribution in [1.82, 2.24) is 0 Å². The maximum absolute atomic E-state index is 13.0. The van der Waals surface area contributed by atoms with E-state index in [1.165, 1.54) is 12.0 Å². The van der Waals surface area contributed by atoms with Crippen molar-refractivity contribution < 1.29 is 19.1 Å². The van der Waals surface area contributed by atoms with E-state index < -0.39 is 11.4 Å². The Morgan fingerprint density at radius 1 is 1.17 bits per heavy atom. The quantitative estimate of drug-likeness (QED) is 0.622. The average molecular weight is 315 g/mol. The smallest absolute Gasteiger partial charge is 0.337 e. The molecule has 5 heteroatoms. The highest BCUT2D eigenvalue weighted by Gasteiger charge is 2.64. The fourth-order valence-electron chi connectivity index (χ4n) is 3.93. The molecular weight excluding hydrogens is 294 g/mol. The van der Waals surface area contributed by atoms with Crippen molar-refractivity contribution in [3.63, 3.8) is 0 Å². The zero-order valence-corrected chi connectivity index (χ0v) is 13.9. The van der Waals surface area contributed by atoms with Crippen LogP contribution in [0.4, 0.5) is 5.69 Å². The molecule has 2 amide bonds. The molecule has 122 valence electrons. The number of hydrogen-bond acceptors (Lipinski definition) is 4. The van der Waals surface area contributed by atoms with Gasteiger partial charge in [-0.15, -0.1) is 0 Å². The monoisotopic (exact) mass is 315 g/mol. The van der Waals surface area contributed by atoms with Gasteiger partial charge in [-0.25, -0.2) is 9.69 Å². The highest BCUT2D eigenvalue weighted by Crippen LogP contribution is 2.60. The van der Waals surface area contributed by atoms with Crippen molar-refractivity contribution in [2.45, 2.75) is 33.6 Å². The molecule has 2 aliphatic rings. The van der Waals surface area contributed by atoms with Crippen molar-refractivity contribution in [1.29, 1.82) is 0 Å². The van der Waals surface area contributed by atoms with E-state index in [4.69, 9.17) is 0 Å². The molecule has 23 heavy (non-hydrogen) atoms. The van der Waals surface area contributed by atoms with Crippen LogP contribution in [-0.4, -0.2) is 24.9 Å². The molecule has 1 saturated heterocycles. The molecule has 1 aliphatic heterocycles. The summed E-state index contributed by atoms with van der Waals surface area (Å²) in [4.78, 5) is 38.7. The molecule has 1 aliphatic carbocycles. The van der Waals surface area contributed by atoms with Crippen molar-refractivity contribution in [3.8, 4) is 0 Å². The van der Waals surface area contributed by atoms with Gasteiger partial charge in [0.25, 0.3) is 0 Å². The first-order chi connectivity index (χ1) is 10.7. The third-order valence-electron chi connectivity index (χ3n) is 5.97. The average Bonchev–Trinajstić information content (AvgIpc) is 2.71. The maximum Gasteiger partial charge on any atom is 0.337 e. The van der Waals surface area contributed by atoms with E-state index in [2.05, 4.69) is 4.74 Å². The van der Waals surface area contributed by atoms with Gasteiger partial charge in [0.2, 0.25) is 11.8 Å². The van der Waals surface area contributed by atoms with Crippen molar-refractivity contribution in [2.24, 2.45) is 16.7 Å². The highest BCUT2D eigenvalue weighted by molar-refractivity contribution is 6.20. The fraction of sp³-hybridized carbons (Fsp3) is 0.500. The van der Waals surface area contributed by atoms with Crippen LogP contribution in [0.3, 0.4) is 0 Å². The number of esters is 1. The Bertz CT molecular complexity index is 691. The van der Waals surface area contributed by atoms with Crippen LogP contribution in [0, 0.1) is 16.7 Å². The molecule has 0 N–H and O–H groups in total. The van der Waals surface area contributed by atoms with Gasteiger partial charge in [0.1, 0.15) is 0 Å². The minimum atomic E-state index is -0.535. The number of ether oxygens (including phenoxy) is 1. The summed E-state index contributed by atoms with van der Waals surface area (Å²) in [5.41, 5.74) is 0.0416. The largest absolute Gasteiger partial charge is 0.465 e. The summed E-state index contributed by atoms with van der Waals surface area (Å²) in [6, 6.07) is 6.41. The summed E-state index contributed by atoms with van der Waals surface area (Å²) in [6.07, 6.45) is 1.47. The van der Waals surface area contributed by atoms with E-state index in [-0.39, 0.29) is 23.1 Å². The van der Waals surface area contributed by atoms with E-state index in [1.807, 2.05) is 20.8 Å². The molecule has 0 aromatic heterocycles. The van der Waals surface area contributed by atoms with Crippen molar-refractivity contribution in [3.05, 3.63) is 29.8 Å². The molecule has 5 nitrogen and oxygen atoms in total. The van der Waals surface area contributed by atoms with Crippen LogP contribution >= 0.6 is 0 Å². The molecule has 1 saturated carbocycles. The standard InChI is InChI=1S/C18H21NO4/c1-17(2)13-9-10-18(17,3)16(22)19(14(13)20)12-7-5-11(6-8-12)15(21)23-4/h5-8,13H,9-10H2,1-4H3. The molecule has 2 fully saturated rings. The normalized spacial score (nSPS) is 28.9. The summed E-state index contributed by atoms with van der Waals surface area (Å²) in [7, 11) is 1.31. The third-order valence-corrected chi connectivity index (χ3v) is 5.97. The first-order valence-corrected chi connectivity index (χ1v) is 7.81. The number of amides is 2. The van der Waals surface area contributed by atoms with Gasteiger partial charge < -0.3 is 4.74 Å². The van der Waals surface area contributed by atoms with Crippen LogP contribution in [-0.2, 0) is 14.3 Å². The van der Waals surface area contributed by atoms with E-state index in [0.29, 0.717) is 11.3 Å². The molecule has 0 radical (unpaired) electrons. The molecule has 1 aromatic rings. The molecule has 3 rings (SSSR count). The zero-order valence-electron chi connectivity index (χ0n) is 13.9. The second-order valence-electron chi connectivity index (χ2n) is 7.16. The lowest BCUT2D eigenvalue weighted by Crippen LogP contribution is -2.59. The molecule has 1 heterocycles. The Labute approximate surface area is 135 Å². The number of benzene rings is 1. The second kappa shape index (κ2) is 4.91. The van der Waals surface area contributed by atoms with Gasteiger partial charge in [0, 0.05) is 5.92 Å². The Morgan fingerprint density at radius 2 is 1.78 bits per heavy atom. The molecular formula is C18H21NO4. The first kappa shape index (κ1) is 15.7. The van der Waals surface area contributed by atoms with Crippen LogP contribution in [0.1, 0.15) is 44.0 Å². The summed E-state index contributed by atoms with van der Waals surface area (Å²) < 4.78 is 4.66. The van der Waals surface area contributed by atoms with Crippen LogP contribution in [0.25, 0.3) is 0 Å². The van der Waals surface area contributed by atoms with E-state index >= 15 is 0 Å². The number of rotatable bonds is 2. The minimum absolute atomic E-state index is 0.138. The summed E-state index contributed by atoms with van der Waals surface area (Å²) >= 11 is 0. The third kappa shape index (κ3) is 1.95. The van der Waals surface area contributed by atoms with Gasteiger partial charge >= 0.3 is 5.97 Å². The predicted octanol–water partition coefficient (Wildman–Crippen LogP) is 2.79. The van der Waals surface area contributed by atoms with Crippen LogP contribution < -0.4 is 4.90 Å². The van der Waals surface area contributed by atoms with Gasteiger partial charge in [-0.3, -0.25) is 9.59 Å². The number of methoxy groups -OCH3 is 1. The number of imide groups is 1. The summed E-state index contributed by atoms with van der Waals surface area (Å²) in [5, 5.41) is 0. The Balaban J connectivity index is 2.00. The Morgan fingerprint density at radius 3 is 2.35 bits per heavy atom. The summed E-state index contributed by atoms with van der Waals surface area (Å²) in [5.74, 6) is -0.876. The number of fused-ring (bicyclic) bond motifs is 2. The Hall–Kier alpha value is -2.17. The molecule has 2 bridgehead atoms. The highest BCUT2D eigenvalue weighted by atomic mass is 16.5. The number of anilines is 1. The molecule has 0 spiro atoms. The summed E-state index contributed by atoms with van der Waals surface area (Å²) in [6.45, 7) is 5.98. The van der Waals surface area contributed by atoms with Crippen LogP contribution in [0.5, 0.6) is 0 Å². The van der Waals surface area contributed by atoms with Gasteiger partial charge in [-0.1, -0.05) is 20.8 Å². The molecule has 1 aromatic carbocycles. The van der Waals surface area contributed by atoms with Crippen LogP contribution in [0.15, 0.2) is 24.3 Å². The van der Waals surface area contributed by atoms with Crippen LogP contribution in [0.2, 0.25) is 0 Å². The lowest BCUT2D eigenvalue weighted by molar-refractivity contribution is -0.146. The van der Waals surface area contributed by atoms with Gasteiger partial charge in [-0.2, -0.15) is 0 Å². The second-order valence-corrected chi connectivity index (χ2v) is 7.16. The SMILES string of the molecule is COC(=O)c1ccc(N2C(=O)C3CCC(C)(C2=O)C3(C)C)cc1.